The van der Waals surface area contributed by atoms with Crippen LogP contribution in [0.2, 0.25) is 0 Å². The zero-order valence-electron chi connectivity index (χ0n) is 14.1. The zero-order valence-corrected chi connectivity index (χ0v) is 14.1. The number of carbonyl (C=O) groups is 1. The first-order valence-corrected chi connectivity index (χ1v) is 8.39. The fourth-order valence-electron chi connectivity index (χ4n) is 3.00. The fraction of sp³-hybridized carbons (Fsp3) is 0.737. The van der Waals surface area contributed by atoms with Crippen molar-refractivity contribution >= 4 is 5.97 Å². The first kappa shape index (κ1) is 18.0. The third-order valence-electron chi connectivity index (χ3n) is 4.55. The van der Waals surface area contributed by atoms with Gasteiger partial charge in [-0.15, -0.1) is 6.58 Å². The van der Waals surface area contributed by atoms with Crippen molar-refractivity contribution in [3.8, 4) is 0 Å². The standard InChI is InChI=1S/C19H32O2/c1-5-6-7-8-15-21-18(20)14-11-16-9-12-17(13-10-16)19(2,3)4/h5,11,14,16-17H,1,6-10,12-13,15H2,2-4H3. The fourth-order valence-corrected chi connectivity index (χ4v) is 3.00. The van der Waals surface area contributed by atoms with Gasteiger partial charge in [0.1, 0.15) is 0 Å². The summed E-state index contributed by atoms with van der Waals surface area (Å²) in [6, 6.07) is 0. The average Bonchev–Trinajstić information content (AvgIpc) is 2.44. The Hall–Kier alpha value is -1.05. The number of hydrogen-bond acceptors (Lipinski definition) is 2. The predicted octanol–water partition coefficient (Wildman–Crippen LogP) is 5.29. The van der Waals surface area contributed by atoms with Crippen molar-refractivity contribution in [3.05, 3.63) is 24.8 Å². The van der Waals surface area contributed by atoms with Gasteiger partial charge in [0, 0.05) is 6.08 Å². The molecule has 0 heterocycles. The first-order valence-electron chi connectivity index (χ1n) is 8.39. The number of esters is 1. The minimum atomic E-state index is -0.188. The molecule has 1 aliphatic rings. The summed E-state index contributed by atoms with van der Waals surface area (Å²) in [4.78, 5) is 11.6. The van der Waals surface area contributed by atoms with Gasteiger partial charge in [0.15, 0.2) is 0 Å². The molecular formula is C19H32O2. The normalized spacial score (nSPS) is 23.2. The summed E-state index contributed by atoms with van der Waals surface area (Å²) in [6.07, 6.45) is 13.5. The van der Waals surface area contributed by atoms with Crippen LogP contribution in [0.4, 0.5) is 0 Å². The van der Waals surface area contributed by atoms with E-state index in [2.05, 4.69) is 33.4 Å². The van der Waals surface area contributed by atoms with Gasteiger partial charge < -0.3 is 4.74 Å². The van der Waals surface area contributed by atoms with E-state index in [4.69, 9.17) is 4.74 Å². The molecule has 0 aromatic rings. The van der Waals surface area contributed by atoms with E-state index < -0.39 is 0 Å². The van der Waals surface area contributed by atoms with Gasteiger partial charge >= 0.3 is 5.97 Å². The maximum atomic E-state index is 11.6. The molecule has 2 nitrogen and oxygen atoms in total. The van der Waals surface area contributed by atoms with E-state index in [-0.39, 0.29) is 5.97 Å². The van der Waals surface area contributed by atoms with Crippen molar-refractivity contribution < 1.29 is 9.53 Å². The van der Waals surface area contributed by atoms with Crippen molar-refractivity contribution in [2.75, 3.05) is 6.61 Å². The minimum absolute atomic E-state index is 0.188. The van der Waals surface area contributed by atoms with Gasteiger partial charge in [-0.3, -0.25) is 0 Å². The summed E-state index contributed by atoms with van der Waals surface area (Å²) in [6.45, 7) is 11.2. The van der Waals surface area contributed by atoms with E-state index in [1.165, 1.54) is 25.7 Å². The average molecular weight is 292 g/mol. The minimum Gasteiger partial charge on any atom is -0.463 e. The smallest absolute Gasteiger partial charge is 0.330 e. The van der Waals surface area contributed by atoms with Crippen LogP contribution < -0.4 is 0 Å². The topological polar surface area (TPSA) is 26.3 Å². The molecule has 0 saturated heterocycles. The number of hydrogen-bond donors (Lipinski definition) is 0. The van der Waals surface area contributed by atoms with Crippen LogP contribution in [0.5, 0.6) is 0 Å². The van der Waals surface area contributed by atoms with Crippen LogP contribution in [-0.2, 0) is 9.53 Å². The molecule has 21 heavy (non-hydrogen) atoms. The summed E-state index contributed by atoms with van der Waals surface area (Å²) in [7, 11) is 0. The molecule has 0 aromatic heterocycles. The molecule has 120 valence electrons. The second-order valence-corrected chi connectivity index (χ2v) is 7.29. The number of allylic oxidation sites excluding steroid dienone is 2. The molecule has 0 atom stereocenters. The molecule has 0 spiro atoms. The van der Waals surface area contributed by atoms with E-state index in [0.717, 1.165) is 25.2 Å². The molecule has 0 aromatic carbocycles. The molecule has 0 amide bonds. The monoisotopic (exact) mass is 292 g/mol. The van der Waals surface area contributed by atoms with Crippen LogP contribution in [0.15, 0.2) is 24.8 Å². The summed E-state index contributed by atoms with van der Waals surface area (Å²) in [5.41, 5.74) is 0.416. The van der Waals surface area contributed by atoms with Gasteiger partial charge in [0.05, 0.1) is 6.61 Å². The Kier molecular flexibility index (Phi) is 7.77. The van der Waals surface area contributed by atoms with Gasteiger partial charge in [-0.25, -0.2) is 4.79 Å². The van der Waals surface area contributed by atoms with Crippen molar-refractivity contribution in [3.63, 3.8) is 0 Å². The van der Waals surface area contributed by atoms with Crippen LogP contribution in [0, 0.1) is 17.3 Å². The molecule has 0 unspecified atom stereocenters. The summed E-state index contributed by atoms with van der Waals surface area (Å²) in [5.74, 6) is 1.18. The summed E-state index contributed by atoms with van der Waals surface area (Å²) in [5, 5.41) is 0. The lowest BCUT2D eigenvalue weighted by molar-refractivity contribution is -0.137. The predicted molar refractivity (Wildman–Crippen MR) is 89.1 cm³/mol. The molecular weight excluding hydrogens is 260 g/mol. The molecule has 1 saturated carbocycles. The molecule has 0 N–H and O–H groups in total. The Labute approximate surface area is 130 Å². The van der Waals surface area contributed by atoms with Crippen molar-refractivity contribution in [2.45, 2.75) is 65.7 Å². The lowest BCUT2D eigenvalue weighted by atomic mass is 9.70. The third-order valence-corrected chi connectivity index (χ3v) is 4.55. The van der Waals surface area contributed by atoms with Gasteiger partial charge in [-0.2, -0.15) is 0 Å². The second-order valence-electron chi connectivity index (χ2n) is 7.29. The maximum Gasteiger partial charge on any atom is 0.330 e. The van der Waals surface area contributed by atoms with Gasteiger partial charge in [-0.05, 0) is 62.2 Å². The number of carbonyl (C=O) groups excluding carboxylic acids is 1. The Morgan fingerprint density at radius 2 is 1.86 bits per heavy atom. The summed E-state index contributed by atoms with van der Waals surface area (Å²) < 4.78 is 5.19. The van der Waals surface area contributed by atoms with E-state index in [9.17, 15) is 4.79 Å². The third kappa shape index (κ3) is 7.50. The highest BCUT2D eigenvalue weighted by Gasteiger charge is 2.28. The Balaban J connectivity index is 2.19. The molecule has 0 bridgehead atoms. The Morgan fingerprint density at radius 1 is 1.19 bits per heavy atom. The molecule has 0 aliphatic heterocycles. The van der Waals surface area contributed by atoms with Crippen molar-refractivity contribution in [2.24, 2.45) is 17.3 Å². The van der Waals surface area contributed by atoms with Crippen LogP contribution in [0.3, 0.4) is 0 Å². The molecule has 2 heteroatoms. The highest BCUT2D eigenvalue weighted by atomic mass is 16.5. The number of unbranched alkanes of at least 4 members (excludes halogenated alkanes) is 2. The highest BCUT2D eigenvalue weighted by molar-refractivity contribution is 5.81. The molecule has 0 radical (unpaired) electrons. The first-order chi connectivity index (χ1) is 9.93. The molecule has 1 aliphatic carbocycles. The number of rotatable bonds is 7. The van der Waals surface area contributed by atoms with E-state index in [1.807, 2.05) is 6.08 Å². The van der Waals surface area contributed by atoms with Gasteiger partial charge in [0.2, 0.25) is 0 Å². The highest BCUT2D eigenvalue weighted by Crippen LogP contribution is 2.40. The lowest BCUT2D eigenvalue weighted by Crippen LogP contribution is -2.25. The van der Waals surface area contributed by atoms with E-state index in [1.54, 1.807) is 6.08 Å². The largest absolute Gasteiger partial charge is 0.463 e. The molecule has 1 fully saturated rings. The van der Waals surface area contributed by atoms with Crippen molar-refractivity contribution in [1.29, 1.82) is 0 Å². The van der Waals surface area contributed by atoms with Gasteiger partial charge in [-0.1, -0.05) is 32.9 Å². The van der Waals surface area contributed by atoms with E-state index >= 15 is 0 Å². The lowest BCUT2D eigenvalue weighted by Gasteiger charge is -2.36. The Bertz CT molecular complexity index is 341. The van der Waals surface area contributed by atoms with E-state index in [0.29, 0.717) is 17.9 Å². The van der Waals surface area contributed by atoms with Crippen molar-refractivity contribution in [1.82, 2.24) is 0 Å². The quantitative estimate of drug-likeness (QED) is 0.276. The SMILES string of the molecule is C=CCCCCOC(=O)C=CC1CCC(C(C)(C)C)CC1. The van der Waals surface area contributed by atoms with Crippen LogP contribution >= 0.6 is 0 Å². The second kappa shape index (κ2) is 9.07. The zero-order chi connectivity index (χ0) is 15.7. The van der Waals surface area contributed by atoms with Crippen LogP contribution in [0.1, 0.15) is 65.7 Å². The Morgan fingerprint density at radius 3 is 2.43 bits per heavy atom. The number of ether oxygens (including phenoxy) is 1. The summed E-state index contributed by atoms with van der Waals surface area (Å²) >= 11 is 0. The van der Waals surface area contributed by atoms with Crippen LogP contribution in [-0.4, -0.2) is 12.6 Å². The van der Waals surface area contributed by atoms with Crippen LogP contribution in [0.25, 0.3) is 0 Å². The maximum absolute atomic E-state index is 11.6. The van der Waals surface area contributed by atoms with Gasteiger partial charge in [0.25, 0.3) is 0 Å². The molecule has 1 rings (SSSR count).